The maximum Gasteiger partial charge on any atom is 0.418 e. The minimum absolute atomic E-state index is 0.0155. The number of alkyl halides is 3. The fraction of sp³-hybridized carbons (Fsp3) is 0.250. The van der Waals surface area contributed by atoms with Crippen LogP contribution in [0, 0.1) is 0 Å². The van der Waals surface area contributed by atoms with Crippen molar-refractivity contribution in [1.29, 1.82) is 0 Å². The molecular formula is C12H10F3N5S. The van der Waals surface area contributed by atoms with E-state index in [1.807, 2.05) is 0 Å². The van der Waals surface area contributed by atoms with Gasteiger partial charge >= 0.3 is 6.18 Å². The molecule has 110 valence electrons. The maximum absolute atomic E-state index is 12.9. The molecule has 0 aliphatic heterocycles. The Morgan fingerprint density at radius 1 is 1.29 bits per heavy atom. The Bertz CT molecular complexity index is 735. The summed E-state index contributed by atoms with van der Waals surface area (Å²) in [4.78, 5) is 7.85. The van der Waals surface area contributed by atoms with Crippen LogP contribution < -0.4 is 5.32 Å². The van der Waals surface area contributed by atoms with Crippen LogP contribution in [0.2, 0.25) is 0 Å². The van der Waals surface area contributed by atoms with Gasteiger partial charge in [0.25, 0.3) is 0 Å². The Kier molecular flexibility index (Phi) is 3.50. The Labute approximate surface area is 121 Å². The fourth-order valence-corrected chi connectivity index (χ4v) is 2.80. The van der Waals surface area contributed by atoms with Gasteiger partial charge in [0, 0.05) is 6.54 Å². The molecule has 1 aromatic carbocycles. The van der Waals surface area contributed by atoms with E-state index in [-0.39, 0.29) is 5.52 Å². The number of para-hydroxylation sites is 1. The lowest BCUT2D eigenvalue weighted by molar-refractivity contribution is -0.136. The van der Waals surface area contributed by atoms with E-state index >= 15 is 0 Å². The van der Waals surface area contributed by atoms with Gasteiger partial charge in [0.2, 0.25) is 0 Å². The lowest BCUT2D eigenvalue weighted by Crippen LogP contribution is -2.10. The van der Waals surface area contributed by atoms with Gasteiger partial charge in [-0.15, -0.1) is 0 Å². The van der Waals surface area contributed by atoms with Gasteiger partial charge in [0.1, 0.15) is 12.7 Å². The molecule has 0 amide bonds. The topological polar surface area (TPSA) is 55.6 Å². The predicted molar refractivity (Wildman–Crippen MR) is 73.1 cm³/mol. The first-order valence-electron chi connectivity index (χ1n) is 6.07. The molecule has 9 heteroatoms. The zero-order valence-electron chi connectivity index (χ0n) is 10.6. The summed E-state index contributed by atoms with van der Waals surface area (Å²) in [6.45, 7) is 1.06. The van der Waals surface area contributed by atoms with Gasteiger partial charge in [0.05, 0.1) is 22.3 Å². The van der Waals surface area contributed by atoms with Crippen LogP contribution in [0.15, 0.2) is 30.9 Å². The van der Waals surface area contributed by atoms with Gasteiger partial charge < -0.3 is 5.32 Å². The van der Waals surface area contributed by atoms with Crippen molar-refractivity contribution in [3.05, 3.63) is 36.4 Å². The van der Waals surface area contributed by atoms with Crippen molar-refractivity contribution in [2.75, 3.05) is 11.9 Å². The van der Waals surface area contributed by atoms with Gasteiger partial charge in [0.15, 0.2) is 5.13 Å². The zero-order valence-corrected chi connectivity index (χ0v) is 11.4. The number of hydrogen-bond donors (Lipinski definition) is 1. The van der Waals surface area contributed by atoms with Crippen molar-refractivity contribution in [3.8, 4) is 0 Å². The number of thiazole rings is 1. The van der Waals surface area contributed by atoms with Crippen LogP contribution in [0.5, 0.6) is 0 Å². The number of nitrogens with one attached hydrogen (secondary N) is 1. The molecule has 0 saturated heterocycles. The third-order valence-electron chi connectivity index (χ3n) is 2.81. The molecule has 0 aliphatic carbocycles. The fourth-order valence-electron chi connectivity index (χ4n) is 1.88. The van der Waals surface area contributed by atoms with Gasteiger partial charge in [-0.1, -0.05) is 17.4 Å². The van der Waals surface area contributed by atoms with Crippen LogP contribution in [0.25, 0.3) is 10.2 Å². The molecule has 5 nitrogen and oxygen atoms in total. The monoisotopic (exact) mass is 313 g/mol. The number of benzene rings is 1. The summed E-state index contributed by atoms with van der Waals surface area (Å²) in [7, 11) is 0. The summed E-state index contributed by atoms with van der Waals surface area (Å²) < 4.78 is 40.8. The molecule has 0 unspecified atom stereocenters. The van der Waals surface area contributed by atoms with Gasteiger partial charge in [-0.25, -0.2) is 9.97 Å². The Morgan fingerprint density at radius 3 is 2.86 bits per heavy atom. The molecular weight excluding hydrogens is 303 g/mol. The number of nitrogens with zero attached hydrogens (tertiary/aromatic N) is 4. The smallest absolute Gasteiger partial charge is 0.360 e. The largest absolute Gasteiger partial charge is 0.418 e. The molecule has 2 aromatic heterocycles. The first-order chi connectivity index (χ1) is 10.0. The Morgan fingerprint density at radius 2 is 2.14 bits per heavy atom. The highest BCUT2D eigenvalue weighted by Gasteiger charge is 2.33. The first kappa shape index (κ1) is 13.8. The van der Waals surface area contributed by atoms with Crippen molar-refractivity contribution >= 4 is 26.7 Å². The standard InChI is InChI=1S/C12H10F3N5S/c13-12(14,15)8-2-1-3-9-10(8)19-11(21-9)17-4-5-20-7-16-6-18-20/h1-3,6-7H,4-5H2,(H,17,19). The van der Waals surface area contributed by atoms with E-state index in [9.17, 15) is 13.2 Å². The van der Waals surface area contributed by atoms with Gasteiger partial charge in [-0.05, 0) is 12.1 Å². The van der Waals surface area contributed by atoms with Crippen LogP contribution in [0.3, 0.4) is 0 Å². The molecule has 0 spiro atoms. The third kappa shape index (κ3) is 2.97. The van der Waals surface area contributed by atoms with Crippen LogP contribution in [0.1, 0.15) is 5.56 Å². The second kappa shape index (κ2) is 5.32. The number of rotatable bonds is 4. The van der Waals surface area contributed by atoms with Crippen LogP contribution >= 0.6 is 11.3 Å². The summed E-state index contributed by atoms with van der Waals surface area (Å²) in [5, 5.41) is 7.40. The summed E-state index contributed by atoms with van der Waals surface area (Å²) in [6, 6.07) is 4.06. The van der Waals surface area contributed by atoms with Gasteiger partial charge in [-0.3, -0.25) is 4.68 Å². The summed E-state index contributed by atoms with van der Waals surface area (Å²) in [6.07, 6.45) is -1.40. The lowest BCUT2D eigenvalue weighted by atomic mass is 10.2. The van der Waals surface area contributed by atoms with E-state index in [1.165, 1.54) is 23.7 Å². The van der Waals surface area contributed by atoms with E-state index in [2.05, 4.69) is 20.4 Å². The van der Waals surface area contributed by atoms with Crippen molar-refractivity contribution in [1.82, 2.24) is 19.7 Å². The van der Waals surface area contributed by atoms with Crippen LogP contribution in [0.4, 0.5) is 18.3 Å². The molecule has 0 saturated carbocycles. The second-order valence-corrected chi connectivity index (χ2v) is 5.29. The average Bonchev–Trinajstić information content (AvgIpc) is 3.05. The molecule has 0 radical (unpaired) electrons. The van der Waals surface area contributed by atoms with Crippen molar-refractivity contribution in [2.24, 2.45) is 0 Å². The summed E-state index contributed by atoms with van der Waals surface area (Å²) >= 11 is 1.20. The van der Waals surface area contributed by atoms with Crippen molar-refractivity contribution in [3.63, 3.8) is 0 Å². The molecule has 3 rings (SSSR count). The van der Waals surface area contributed by atoms with E-state index in [4.69, 9.17) is 0 Å². The minimum atomic E-state index is -4.40. The molecule has 21 heavy (non-hydrogen) atoms. The molecule has 0 fully saturated rings. The average molecular weight is 313 g/mol. The predicted octanol–water partition coefficient (Wildman–Crippen LogP) is 3.02. The minimum Gasteiger partial charge on any atom is -0.360 e. The second-order valence-electron chi connectivity index (χ2n) is 4.25. The Balaban J connectivity index is 1.78. The number of anilines is 1. The van der Waals surface area contributed by atoms with Gasteiger partial charge in [-0.2, -0.15) is 18.3 Å². The highest BCUT2D eigenvalue weighted by Crippen LogP contribution is 2.37. The normalized spacial score (nSPS) is 12.0. The highest BCUT2D eigenvalue weighted by atomic mass is 32.1. The Hall–Kier alpha value is -2.16. The van der Waals surface area contributed by atoms with Crippen molar-refractivity contribution in [2.45, 2.75) is 12.7 Å². The molecule has 0 aliphatic rings. The SMILES string of the molecule is FC(F)(F)c1cccc2sc(NCCn3cncn3)nc12. The quantitative estimate of drug-likeness (QED) is 0.804. The summed E-state index contributed by atoms with van der Waals surface area (Å²) in [5.41, 5.74) is -0.723. The van der Waals surface area contributed by atoms with Crippen LogP contribution in [-0.4, -0.2) is 26.3 Å². The molecule has 0 bridgehead atoms. The number of halogens is 3. The van der Waals surface area contributed by atoms with Crippen LogP contribution in [-0.2, 0) is 12.7 Å². The number of fused-ring (bicyclic) bond motifs is 1. The molecule has 0 atom stereocenters. The molecule has 1 N–H and O–H groups in total. The lowest BCUT2D eigenvalue weighted by Gasteiger charge is -2.06. The maximum atomic E-state index is 12.9. The van der Waals surface area contributed by atoms with E-state index in [0.29, 0.717) is 22.9 Å². The van der Waals surface area contributed by atoms with E-state index in [1.54, 1.807) is 17.1 Å². The third-order valence-corrected chi connectivity index (χ3v) is 3.79. The zero-order chi connectivity index (χ0) is 14.9. The van der Waals surface area contributed by atoms with Crippen molar-refractivity contribution < 1.29 is 13.2 Å². The molecule has 2 heterocycles. The van der Waals surface area contributed by atoms with E-state index in [0.717, 1.165) is 6.07 Å². The first-order valence-corrected chi connectivity index (χ1v) is 6.89. The molecule has 3 aromatic rings. The highest BCUT2D eigenvalue weighted by molar-refractivity contribution is 7.22. The van der Waals surface area contributed by atoms with E-state index < -0.39 is 11.7 Å². The number of hydrogen-bond acceptors (Lipinski definition) is 5. The number of aromatic nitrogens is 4. The summed E-state index contributed by atoms with van der Waals surface area (Å²) in [5.74, 6) is 0.